The third-order valence-electron chi connectivity index (χ3n) is 3.77. The summed E-state index contributed by atoms with van der Waals surface area (Å²) in [5.74, 6) is -1.95. The predicted octanol–water partition coefficient (Wildman–Crippen LogP) is 4.27. The summed E-state index contributed by atoms with van der Waals surface area (Å²) in [5.41, 5.74) is -1.07. The third kappa shape index (κ3) is 2.59. The second-order valence-electron chi connectivity index (χ2n) is 5.43. The van der Waals surface area contributed by atoms with E-state index in [0.717, 1.165) is 24.4 Å². The van der Waals surface area contributed by atoms with Crippen LogP contribution in [0.5, 0.6) is 0 Å². The van der Waals surface area contributed by atoms with E-state index < -0.39 is 29.1 Å². The third-order valence-corrected chi connectivity index (χ3v) is 3.77. The Kier molecular flexibility index (Phi) is 3.49. The van der Waals surface area contributed by atoms with E-state index in [1.807, 2.05) is 0 Å². The molecule has 3 heterocycles. The molecule has 1 aliphatic rings. The largest absolute Gasteiger partial charge is 0.433 e. The van der Waals surface area contributed by atoms with Gasteiger partial charge in [0.1, 0.15) is 23.2 Å². The van der Waals surface area contributed by atoms with E-state index >= 15 is 0 Å². The Hall–Kier alpha value is -3.30. The molecule has 0 atom stereocenters. The number of alkyl halides is 3. The lowest BCUT2D eigenvalue weighted by Gasteiger charge is -2.09. The molecular weight excluding hydrogens is 357 g/mol. The lowest BCUT2D eigenvalue weighted by molar-refractivity contribution is -0.141. The van der Waals surface area contributed by atoms with Gasteiger partial charge in [0.2, 0.25) is 0 Å². The van der Waals surface area contributed by atoms with Crippen LogP contribution >= 0.6 is 0 Å². The lowest BCUT2D eigenvalue weighted by atomic mass is 10.1. The van der Waals surface area contributed by atoms with Gasteiger partial charge in [-0.1, -0.05) is 6.07 Å². The lowest BCUT2D eigenvalue weighted by Crippen LogP contribution is -2.16. The van der Waals surface area contributed by atoms with Gasteiger partial charge in [-0.15, -0.1) is 0 Å². The zero-order chi connectivity index (χ0) is 18.5. The molecule has 2 aromatic heterocycles. The van der Waals surface area contributed by atoms with Gasteiger partial charge in [0.15, 0.2) is 0 Å². The number of aliphatic imine (C=N–C) groups is 1. The monoisotopic (exact) mass is 365 g/mol. The van der Waals surface area contributed by atoms with Gasteiger partial charge < -0.3 is 5.32 Å². The highest BCUT2D eigenvalue weighted by molar-refractivity contribution is 6.13. The van der Waals surface area contributed by atoms with Gasteiger partial charge in [-0.3, -0.25) is 5.10 Å². The van der Waals surface area contributed by atoms with Gasteiger partial charge in [-0.2, -0.15) is 18.3 Å². The Morgan fingerprint density at radius 1 is 1.00 bits per heavy atom. The second kappa shape index (κ2) is 5.61. The first-order valence-corrected chi connectivity index (χ1v) is 7.25. The number of pyridine rings is 1. The second-order valence-corrected chi connectivity index (χ2v) is 5.43. The number of aromatic nitrogens is 3. The Morgan fingerprint density at radius 3 is 2.42 bits per heavy atom. The number of hydrogen-bond donors (Lipinski definition) is 2. The van der Waals surface area contributed by atoms with E-state index in [9.17, 15) is 22.0 Å². The summed E-state index contributed by atoms with van der Waals surface area (Å²) in [7, 11) is 0. The Morgan fingerprint density at radius 2 is 1.73 bits per heavy atom. The van der Waals surface area contributed by atoms with E-state index in [-0.39, 0.29) is 28.5 Å². The Bertz CT molecular complexity index is 1020. The highest BCUT2D eigenvalue weighted by Gasteiger charge is 2.34. The van der Waals surface area contributed by atoms with Crippen LogP contribution in [-0.4, -0.2) is 21.0 Å². The van der Waals surface area contributed by atoms with Crippen LogP contribution in [0.3, 0.4) is 0 Å². The van der Waals surface area contributed by atoms with E-state index in [0.29, 0.717) is 0 Å². The molecule has 3 aromatic rings. The van der Waals surface area contributed by atoms with Crippen molar-refractivity contribution < 1.29 is 22.0 Å². The molecule has 5 nitrogen and oxygen atoms in total. The highest BCUT2D eigenvalue weighted by Crippen LogP contribution is 2.39. The zero-order valence-electron chi connectivity index (χ0n) is 12.7. The minimum Gasteiger partial charge on any atom is -0.336 e. The summed E-state index contributed by atoms with van der Waals surface area (Å²) in [5, 5.41) is 9.05. The summed E-state index contributed by atoms with van der Waals surface area (Å²) >= 11 is 0. The van der Waals surface area contributed by atoms with Crippen molar-refractivity contribution in [3.05, 3.63) is 59.6 Å². The fourth-order valence-corrected chi connectivity index (χ4v) is 2.60. The molecule has 0 saturated heterocycles. The zero-order valence-corrected chi connectivity index (χ0v) is 12.7. The number of aromatic amines is 1. The first-order chi connectivity index (χ1) is 12.3. The van der Waals surface area contributed by atoms with Crippen molar-refractivity contribution in [1.29, 1.82) is 0 Å². The average molecular weight is 365 g/mol. The van der Waals surface area contributed by atoms with Crippen molar-refractivity contribution in [3.63, 3.8) is 0 Å². The number of hydrogen-bond acceptors (Lipinski definition) is 4. The van der Waals surface area contributed by atoms with Crippen LogP contribution in [0.2, 0.25) is 0 Å². The minimum absolute atomic E-state index is 0.00570. The molecule has 0 fully saturated rings. The minimum atomic E-state index is -4.65. The van der Waals surface area contributed by atoms with Crippen molar-refractivity contribution in [2.75, 3.05) is 5.32 Å². The number of nitrogens with one attached hydrogen (secondary N) is 2. The normalized spacial score (nSPS) is 13.3. The summed E-state index contributed by atoms with van der Waals surface area (Å²) in [6, 6.07) is 4.10. The van der Waals surface area contributed by atoms with Gasteiger partial charge in [-0.05, 0) is 18.2 Å². The van der Waals surface area contributed by atoms with Crippen molar-refractivity contribution >= 4 is 17.2 Å². The fourth-order valence-electron chi connectivity index (χ4n) is 2.60. The predicted molar refractivity (Wildman–Crippen MR) is 83.0 cm³/mol. The molecule has 4 rings (SSSR count). The first-order valence-electron chi connectivity index (χ1n) is 7.25. The quantitative estimate of drug-likeness (QED) is 0.633. The van der Waals surface area contributed by atoms with E-state index in [1.54, 1.807) is 0 Å². The number of amidine groups is 1. The smallest absolute Gasteiger partial charge is 0.336 e. The van der Waals surface area contributed by atoms with Crippen LogP contribution in [0, 0.1) is 11.6 Å². The van der Waals surface area contributed by atoms with Crippen LogP contribution in [-0.2, 0) is 6.18 Å². The number of benzene rings is 1. The van der Waals surface area contributed by atoms with Gasteiger partial charge in [-0.25, -0.2) is 18.8 Å². The molecular formula is C16H8F5N5. The van der Waals surface area contributed by atoms with Crippen molar-refractivity contribution in [2.24, 2.45) is 4.99 Å². The van der Waals surface area contributed by atoms with Crippen LogP contribution in [0.1, 0.15) is 11.3 Å². The summed E-state index contributed by atoms with van der Waals surface area (Å²) < 4.78 is 67.1. The van der Waals surface area contributed by atoms with Crippen molar-refractivity contribution in [3.8, 4) is 11.3 Å². The molecule has 1 aromatic carbocycles. The molecule has 0 saturated carbocycles. The summed E-state index contributed by atoms with van der Waals surface area (Å²) in [6.07, 6.45) is -2.47. The molecule has 0 aliphatic carbocycles. The maximum atomic E-state index is 14.1. The standard InChI is InChI=1S/C16H8F5N5/c17-8-2-1-3-9(18)13(8)15-24-10-5-22-12(16(19,20)21)4-7(10)14-11(25-15)6-23-26-14/h1-6H,(H,23,26)(H,24,25). The van der Waals surface area contributed by atoms with Crippen LogP contribution in [0.4, 0.5) is 33.3 Å². The topological polar surface area (TPSA) is 66.0 Å². The fraction of sp³-hybridized carbons (Fsp3) is 0.0625. The number of halogens is 5. The number of rotatable bonds is 1. The molecule has 1 aliphatic heterocycles. The maximum Gasteiger partial charge on any atom is 0.433 e. The van der Waals surface area contributed by atoms with E-state index in [2.05, 4.69) is 25.5 Å². The van der Waals surface area contributed by atoms with E-state index in [4.69, 9.17) is 0 Å². The van der Waals surface area contributed by atoms with Crippen LogP contribution < -0.4 is 5.32 Å². The first kappa shape index (κ1) is 16.2. The number of nitrogens with zero attached hydrogens (tertiary/aromatic N) is 3. The highest BCUT2D eigenvalue weighted by atomic mass is 19.4. The van der Waals surface area contributed by atoms with Crippen molar-refractivity contribution in [2.45, 2.75) is 6.18 Å². The molecule has 0 spiro atoms. The van der Waals surface area contributed by atoms with Crippen molar-refractivity contribution in [1.82, 2.24) is 15.2 Å². The molecule has 2 N–H and O–H groups in total. The molecule has 0 radical (unpaired) electrons. The molecule has 10 heteroatoms. The molecule has 0 unspecified atom stereocenters. The number of H-pyrrole nitrogens is 1. The number of fused-ring (bicyclic) bond motifs is 3. The Labute approximate surface area is 142 Å². The molecule has 0 bridgehead atoms. The van der Waals surface area contributed by atoms with Gasteiger partial charge in [0.05, 0.1) is 35.0 Å². The maximum absolute atomic E-state index is 14.1. The van der Waals surface area contributed by atoms with Gasteiger partial charge in [0.25, 0.3) is 0 Å². The van der Waals surface area contributed by atoms with E-state index in [1.165, 1.54) is 12.3 Å². The molecule has 0 amide bonds. The van der Waals surface area contributed by atoms with Crippen LogP contribution in [0.25, 0.3) is 11.3 Å². The number of anilines is 1. The van der Waals surface area contributed by atoms with Crippen LogP contribution in [0.15, 0.2) is 41.7 Å². The molecule has 132 valence electrons. The SMILES string of the molecule is Fc1cccc(F)c1C1=Nc2cnc(C(F)(F)F)cc2-c2[nH]ncc2N1. The molecule has 26 heavy (non-hydrogen) atoms. The Balaban J connectivity index is 1.96. The average Bonchev–Trinajstić information content (AvgIpc) is 2.96. The van der Waals surface area contributed by atoms with Gasteiger partial charge in [0, 0.05) is 5.56 Å². The van der Waals surface area contributed by atoms with Gasteiger partial charge >= 0.3 is 6.18 Å². The summed E-state index contributed by atoms with van der Waals surface area (Å²) in [4.78, 5) is 7.44. The summed E-state index contributed by atoms with van der Waals surface area (Å²) in [6.45, 7) is 0.